The van der Waals surface area contributed by atoms with Gasteiger partial charge in [0.25, 0.3) is 11.8 Å². The fourth-order valence-corrected chi connectivity index (χ4v) is 11.6. The maximum Gasteiger partial charge on any atom is 0.255 e. The Morgan fingerprint density at radius 3 is 1.59 bits per heavy atom. The van der Waals surface area contributed by atoms with Gasteiger partial charge in [-0.1, -0.05) is 13.8 Å². The Hall–Kier alpha value is -7.44. The van der Waals surface area contributed by atoms with E-state index in [1.54, 1.807) is 53.2 Å². The lowest BCUT2D eigenvalue weighted by Crippen LogP contribution is -2.35. The first-order valence-corrected chi connectivity index (χ1v) is 26.9. The highest BCUT2D eigenvalue weighted by molar-refractivity contribution is 6.08. The standard InChI is InChI=1S/2C28H33N5O4.C2H6/c1-35-19-5-6-22(36-2)21(12-19)31-27-24-25-18(13-30-28(24)34)4-3-10-33-11-8-17(15-33)16-37-23-14-29-9-7-20(23)26(27)32-25;1-35-19-5-6-21(22(12-19)36-2)31-27-24-25-18(13-30-28(24)34)4-3-10-33-11-8-17(15-33)16-37-23-14-29-9-7-20(23)26(27)32-25;1-2/h2*5-7,9,12,14,17-18,31-32H,3-4,8,10-11,13,15-16H2,1-2H3,(H,30,34);1-2H3/t17-,18-;17-,18+;/m11./s1. The fraction of sp³-hybridized carbons (Fsp3) is 0.448. The molecule has 76 heavy (non-hydrogen) atoms. The first-order valence-electron chi connectivity index (χ1n) is 26.9. The zero-order valence-corrected chi connectivity index (χ0v) is 44.6. The third-order valence-electron chi connectivity index (χ3n) is 15.5. The van der Waals surface area contributed by atoms with Crippen molar-refractivity contribution in [2.75, 3.05) is 105 Å². The number of ether oxygens (including phenoxy) is 6. The number of aromatic nitrogens is 4. The number of H-pyrrole nitrogens is 2. The minimum absolute atomic E-state index is 0.0904. The smallest absolute Gasteiger partial charge is 0.255 e. The molecule has 4 aromatic heterocycles. The molecule has 6 N–H and O–H groups in total. The van der Waals surface area contributed by atoms with Crippen LogP contribution in [-0.2, 0) is 0 Å². The number of nitrogens with zero attached hydrogens (tertiary/aromatic N) is 4. The normalized spacial score (nSPS) is 22.2. The van der Waals surface area contributed by atoms with Gasteiger partial charge < -0.3 is 69.5 Å². The molecular formula is C58H72N10O8. The van der Waals surface area contributed by atoms with Crippen LogP contribution in [0.4, 0.5) is 22.7 Å². The van der Waals surface area contributed by atoms with Gasteiger partial charge in [0.1, 0.15) is 34.5 Å². The number of amides is 2. The predicted molar refractivity (Wildman–Crippen MR) is 294 cm³/mol. The van der Waals surface area contributed by atoms with E-state index >= 15 is 0 Å². The SMILES string of the molecule is CC.COc1ccc(Nc2c3[nH]c4c2C(=O)NC[C@@H]4CCCN2CC[C@@H](COc4cnccc4-3)C2)c(OC)c1.COc1ccc(OC)c(Nc2c3[nH]c4c2C(=O)NC[C@H]4CCCN2CC[C@@H](COc4cnccc4-3)C2)c1. The summed E-state index contributed by atoms with van der Waals surface area (Å²) < 4.78 is 34.9. The molecule has 8 bridgehead atoms. The Bertz CT molecular complexity index is 3010. The minimum Gasteiger partial charge on any atom is -0.497 e. The largest absolute Gasteiger partial charge is 0.497 e. The lowest BCUT2D eigenvalue weighted by atomic mass is 9.92. The van der Waals surface area contributed by atoms with Crippen LogP contribution in [0, 0.1) is 11.8 Å². The second-order valence-electron chi connectivity index (χ2n) is 20.1. The first kappa shape index (κ1) is 52.0. The van der Waals surface area contributed by atoms with Gasteiger partial charge in [-0.15, -0.1) is 0 Å². The number of anilines is 4. The zero-order chi connectivity index (χ0) is 52.7. The van der Waals surface area contributed by atoms with Crippen LogP contribution in [0.1, 0.15) is 96.3 Å². The molecule has 6 aromatic rings. The average Bonchev–Trinajstić information content (AvgIpc) is 4.29. The molecule has 18 nitrogen and oxygen atoms in total. The summed E-state index contributed by atoms with van der Waals surface area (Å²) in [5.74, 6) is 5.27. The number of aromatic amines is 2. The van der Waals surface area contributed by atoms with Crippen molar-refractivity contribution in [2.45, 2.75) is 64.2 Å². The maximum absolute atomic E-state index is 13.3. The summed E-state index contributed by atoms with van der Waals surface area (Å²) in [6, 6.07) is 15.1. The monoisotopic (exact) mass is 1040 g/mol. The van der Waals surface area contributed by atoms with E-state index in [2.05, 4.69) is 51.0 Å². The van der Waals surface area contributed by atoms with Gasteiger partial charge >= 0.3 is 0 Å². The van der Waals surface area contributed by atoms with E-state index < -0.39 is 0 Å². The molecule has 402 valence electrons. The highest BCUT2D eigenvalue weighted by atomic mass is 16.5. The minimum atomic E-state index is -0.0956. The second kappa shape index (κ2) is 23.6. The molecular weight excluding hydrogens is 965 g/mol. The summed E-state index contributed by atoms with van der Waals surface area (Å²) in [4.78, 5) is 47.7. The summed E-state index contributed by atoms with van der Waals surface area (Å²) in [5.41, 5.74) is 9.41. The van der Waals surface area contributed by atoms with Gasteiger partial charge in [0, 0.05) is 96.9 Å². The number of nitrogens with one attached hydrogen (secondary N) is 6. The molecule has 2 unspecified atom stereocenters. The van der Waals surface area contributed by atoms with Crippen molar-refractivity contribution < 1.29 is 38.0 Å². The van der Waals surface area contributed by atoms with Crippen LogP contribution < -0.4 is 49.7 Å². The number of hydrogen-bond donors (Lipinski definition) is 6. The molecule has 18 heteroatoms. The number of carbonyl (C=O) groups excluding carboxylic acids is 2. The van der Waals surface area contributed by atoms with E-state index in [-0.39, 0.29) is 23.7 Å². The number of hydrogen-bond acceptors (Lipinski definition) is 14. The summed E-state index contributed by atoms with van der Waals surface area (Å²) in [5, 5.41) is 13.3. The lowest BCUT2D eigenvalue weighted by molar-refractivity contribution is 0.0931. The van der Waals surface area contributed by atoms with Crippen LogP contribution >= 0.6 is 0 Å². The molecule has 0 aliphatic carbocycles. The zero-order valence-electron chi connectivity index (χ0n) is 44.6. The topological polar surface area (TPSA) is 201 Å². The maximum atomic E-state index is 13.3. The highest BCUT2D eigenvalue weighted by Crippen LogP contribution is 2.47. The van der Waals surface area contributed by atoms with Crippen LogP contribution in [0.5, 0.6) is 34.5 Å². The van der Waals surface area contributed by atoms with E-state index in [9.17, 15) is 9.59 Å². The second-order valence-corrected chi connectivity index (χ2v) is 20.1. The van der Waals surface area contributed by atoms with E-state index in [0.29, 0.717) is 101 Å². The van der Waals surface area contributed by atoms with Gasteiger partial charge in [0.2, 0.25) is 0 Å². The Morgan fingerprint density at radius 1 is 0.579 bits per heavy atom. The molecule has 6 aliphatic heterocycles. The Labute approximate surface area is 444 Å². The number of carbonyl (C=O) groups is 2. The molecule has 2 saturated heterocycles. The Morgan fingerprint density at radius 2 is 1.08 bits per heavy atom. The molecule has 10 heterocycles. The van der Waals surface area contributed by atoms with E-state index in [1.807, 2.05) is 62.4 Å². The van der Waals surface area contributed by atoms with Crippen molar-refractivity contribution in [2.24, 2.45) is 11.8 Å². The third-order valence-corrected chi connectivity index (χ3v) is 15.5. The predicted octanol–water partition coefficient (Wildman–Crippen LogP) is 9.34. The van der Waals surface area contributed by atoms with Gasteiger partial charge in [0.15, 0.2) is 0 Å². The third kappa shape index (κ3) is 10.8. The van der Waals surface area contributed by atoms with Crippen molar-refractivity contribution in [3.63, 3.8) is 0 Å². The molecule has 2 aromatic carbocycles. The van der Waals surface area contributed by atoms with Crippen molar-refractivity contribution in [3.8, 4) is 57.0 Å². The van der Waals surface area contributed by atoms with Crippen LogP contribution in [0.15, 0.2) is 73.3 Å². The Kier molecular flexibility index (Phi) is 16.2. The quantitative estimate of drug-likeness (QED) is 0.0842. The van der Waals surface area contributed by atoms with Crippen LogP contribution in [0.25, 0.3) is 22.5 Å². The van der Waals surface area contributed by atoms with E-state index in [1.165, 1.54) is 0 Å². The molecule has 0 spiro atoms. The molecule has 0 saturated carbocycles. The number of benzene rings is 2. The van der Waals surface area contributed by atoms with Crippen LogP contribution in [0.3, 0.4) is 0 Å². The van der Waals surface area contributed by atoms with Crippen molar-refractivity contribution in [1.82, 2.24) is 40.4 Å². The summed E-state index contributed by atoms with van der Waals surface area (Å²) in [6.07, 6.45) is 13.5. The average molecular weight is 1040 g/mol. The lowest BCUT2D eigenvalue weighted by Gasteiger charge is -2.25. The van der Waals surface area contributed by atoms with Gasteiger partial charge in [-0.3, -0.25) is 19.6 Å². The summed E-state index contributed by atoms with van der Waals surface area (Å²) >= 11 is 0. The first-order chi connectivity index (χ1) is 37.3. The van der Waals surface area contributed by atoms with Gasteiger partial charge in [0.05, 0.1) is 99.3 Å². The summed E-state index contributed by atoms with van der Waals surface area (Å²) in [7, 11) is 6.50. The van der Waals surface area contributed by atoms with Crippen LogP contribution in [0.2, 0.25) is 0 Å². The summed E-state index contributed by atoms with van der Waals surface area (Å²) in [6.45, 7) is 13.0. The van der Waals surface area contributed by atoms with Gasteiger partial charge in [-0.05, 0) is 101 Å². The molecule has 6 aliphatic rings. The van der Waals surface area contributed by atoms with Crippen molar-refractivity contribution >= 4 is 34.6 Å². The van der Waals surface area contributed by atoms with Crippen molar-refractivity contribution in [3.05, 3.63) is 95.8 Å². The number of fused-ring (bicyclic) bond motifs is 10. The van der Waals surface area contributed by atoms with Gasteiger partial charge in [-0.25, -0.2) is 0 Å². The van der Waals surface area contributed by atoms with Crippen molar-refractivity contribution in [1.29, 1.82) is 0 Å². The fourth-order valence-electron chi connectivity index (χ4n) is 11.6. The van der Waals surface area contributed by atoms with E-state index in [0.717, 1.165) is 117 Å². The molecule has 0 radical (unpaired) electrons. The molecule has 6 atom stereocenters. The molecule has 12 rings (SSSR count). The van der Waals surface area contributed by atoms with Crippen LogP contribution in [-0.4, -0.2) is 136 Å². The highest BCUT2D eigenvalue weighted by Gasteiger charge is 2.37. The Balaban J connectivity index is 0.000000167. The number of pyridine rings is 2. The molecule has 2 amide bonds. The van der Waals surface area contributed by atoms with E-state index in [4.69, 9.17) is 28.4 Å². The number of rotatable bonds is 8. The number of methoxy groups -OCH3 is 4. The van der Waals surface area contributed by atoms with Gasteiger partial charge in [-0.2, -0.15) is 0 Å². The molecule has 2 fully saturated rings.